The monoisotopic (exact) mass is 551 g/mol. The van der Waals surface area contributed by atoms with Gasteiger partial charge in [-0.2, -0.15) is 0 Å². The number of halogens is 3. The van der Waals surface area contributed by atoms with Crippen molar-refractivity contribution in [1.82, 2.24) is 9.55 Å². The lowest BCUT2D eigenvalue weighted by Crippen LogP contribution is -2.34. The van der Waals surface area contributed by atoms with Crippen LogP contribution in [0.3, 0.4) is 0 Å². The molecule has 1 N–H and O–H groups in total. The predicted octanol–water partition coefficient (Wildman–Crippen LogP) is 6.00. The Balaban J connectivity index is 0.000000709. The third-order valence-corrected chi connectivity index (χ3v) is 6.28. The van der Waals surface area contributed by atoms with Crippen LogP contribution < -0.4 is 4.74 Å². The van der Waals surface area contributed by atoms with Gasteiger partial charge in [-0.05, 0) is 24.3 Å². The average Bonchev–Trinajstić information content (AvgIpc) is 3.49. The zero-order valence-electron chi connectivity index (χ0n) is 18.6. The van der Waals surface area contributed by atoms with E-state index < -0.39 is 10.9 Å². The Hall–Kier alpha value is -3.08. The van der Waals surface area contributed by atoms with Gasteiger partial charge in [0.05, 0.1) is 24.5 Å². The molecule has 0 aliphatic carbocycles. The lowest BCUT2D eigenvalue weighted by molar-refractivity contribution is -0.742. The third-order valence-electron chi connectivity index (χ3n) is 5.41. The van der Waals surface area contributed by atoms with Gasteiger partial charge in [-0.15, -0.1) is 10.1 Å². The fourth-order valence-electron chi connectivity index (χ4n) is 3.92. The van der Waals surface area contributed by atoms with E-state index in [0.29, 0.717) is 40.4 Å². The van der Waals surface area contributed by atoms with Crippen molar-refractivity contribution in [2.24, 2.45) is 0 Å². The van der Waals surface area contributed by atoms with Gasteiger partial charge in [0.1, 0.15) is 18.5 Å². The minimum absolute atomic E-state index is 0.306. The lowest BCUT2D eigenvalue weighted by Gasteiger charge is -2.30. The average molecular weight is 553 g/mol. The maximum absolute atomic E-state index is 8.36. The van der Waals surface area contributed by atoms with Crippen molar-refractivity contribution >= 4 is 45.6 Å². The van der Waals surface area contributed by atoms with E-state index in [-0.39, 0.29) is 6.10 Å². The molecule has 5 rings (SSSR count). The van der Waals surface area contributed by atoms with Crippen LogP contribution in [0, 0.1) is 10.1 Å². The number of hydrogen-bond acceptors (Lipinski definition) is 6. The molecule has 36 heavy (non-hydrogen) atoms. The molecule has 1 aliphatic rings. The summed E-state index contributed by atoms with van der Waals surface area (Å²) in [6.45, 7) is 1.04. The van der Waals surface area contributed by atoms with Gasteiger partial charge >= 0.3 is 0 Å². The van der Waals surface area contributed by atoms with Gasteiger partial charge in [0.25, 0.3) is 5.09 Å². The van der Waals surface area contributed by atoms with Crippen LogP contribution in [0.2, 0.25) is 15.1 Å². The number of ether oxygens (including phenoxy) is 3. The largest absolute Gasteiger partial charge is 0.490 e. The molecule has 2 heterocycles. The Morgan fingerprint density at radius 3 is 2.58 bits per heavy atom. The van der Waals surface area contributed by atoms with E-state index in [4.69, 9.17) is 64.3 Å². The van der Waals surface area contributed by atoms with E-state index in [1.54, 1.807) is 24.7 Å². The molecule has 0 amide bonds. The van der Waals surface area contributed by atoms with Crippen molar-refractivity contribution in [1.29, 1.82) is 0 Å². The maximum Gasteiger partial charge on any atom is 0.291 e. The first-order chi connectivity index (χ1) is 17.3. The summed E-state index contributed by atoms with van der Waals surface area (Å²) in [6.07, 6.45) is 4.96. The van der Waals surface area contributed by atoms with Crippen molar-refractivity contribution in [3.05, 3.63) is 104 Å². The summed E-state index contributed by atoms with van der Waals surface area (Å²) in [7, 11) is 0. The molecule has 0 radical (unpaired) electrons. The Kier molecular flexibility index (Phi) is 8.17. The van der Waals surface area contributed by atoms with Crippen LogP contribution in [0.1, 0.15) is 5.56 Å². The van der Waals surface area contributed by atoms with Gasteiger partial charge in [-0.1, -0.05) is 65.1 Å². The molecule has 2 unspecified atom stereocenters. The third kappa shape index (κ3) is 6.00. The van der Waals surface area contributed by atoms with E-state index in [2.05, 4.69) is 4.98 Å². The van der Waals surface area contributed by atoms with Gasteiger partial charge in [0.2, 0.25) is 5.79 Å². The number of hydrogen-bond donors (Lipinski definition) is 1. The second-order valence-electron chi connectivity index (χ2n) is 7.80. The lowest BCUT2D eigenvalue weighted by atomic mass is 10.1. The molecule has 1 fully saturated rings. The SMILES string of the molecule is Clc1ccc(C2(Cn3ccnc3)OCC(COc3ccc(Cl)c4ccccc34)O2)c(Cl)c1.O=[N+]([O-])O. The van der Waals surface area contributed by atoms with Crippen molar-refractivity contribution in [2.75, 3.05) is 13.2 Å². The van der Waals surface area contributed by atoms with Gasteiger partial charge < -0.3 is 24.0 Å². The highest BCUT2D eigenvalue weighted by atomic mass is 35.5. The molecule has 1 aromatic heterocycles. The molecule has 9 nitrogen and oxygen atoms in total. The Bertz CT molecular complexity index is 1350. The number of fused-ring (bicyclic) bond motifs is 1. The summed E-state index contributed by atoms with van der Waals surface area (Å²) in [5, 5.41) is 17.2. The summed E-state index contributed by atoms with van der Waals surface area (Å²) >= 11 is 19.0. The molecule has 1 saturated heterocycles. The van der Waals surface area contributed by atoms with Crippen LogP contribution in [0.15, 0.2) is 73.3 Å². The quantitative estimate of drug-likeness (QED) is 0.231. The van der Waals surface area contributed by atoms with E-state index in [9.17, 15) is 0 Å². The molecule has 2 atom stereocenters. The van der Waals surface area contributed by atoms with E-state index in [1.165, 1.54) is 0 Å². The second kappa shape index (κ2) is 11.3. The molecular formula is C24H20Cl3N3O6. The molecule has 188 valence electrons. The van der Waals surface area contributed by atoms with Crippen LogP contribution in [0.5, 0.6) is 5.75 Å². The fourth-order valence-corrected chi connectivity index (χ4v) is 4.70. The van der Waals surface area contributed by atoms with Gasteiger partial charge in [0, 0.05) is 38.8 Å². The number of imidazole rings is 1. The first kappa shape index (κ1) is 26.0. The zero-order valence-corrected chi connectivity index (χ0v) is 20.9. The zero-order chi connectivity index (χ0) is 25.7. The van der Waals surface area contributed by atoms with Crippen LogP contribution in [-0.4, -0.2) is 39.2 Å². The molecule has 3 aromatic carbocycles. The molecule has 0 spiro atoms. The van der Waals surface area contributed by atoms with Crippen LogP contribution >= 0.6 is 34.8 Å². The van der Waals surface area contributed by atoms with Crippen molar-refractivity contribution in [3.8, 4) is 5.75 Å². The molecule has 12 heteroatoms. The first-order valence-corrected chi connectivity index (χ1v) is 11.8. The van der Waals surface area contributed by atoms with Gasteiger partial charge in [-0.3, -0.25) is 0 Å². The Morgan fingerprint density at radius 2 is 1.89 bits per heavy atom. The number of aromatic nitrogens is 2. The van der Waals surface area contributed by atoms with E-state index >= 15 is 0 Å². The molecule has 1 aliphatic heterocycles. The molecule has 4 aromatic rings. The summed E-state index contributed by atoms with van der Waals surface area (Å²) in [4.78, 5) is 12.5. The van der Waals surface area contributed by atoms with E-state index in [1.807, 2.05) is 53.2 Å². The Labute approximate surface area is 220 Å². The topological polar surface area (TPSA) is 109 Å². The Morgan fingerprint density at radius 1 is 1.14 bits per heavy atom. The minimum atomic E-state index is -1.50. The number of nitrogens with zero attached hydrogens (tertiary/aromatic N) is 3. The summed E-state index contributed by atoms with van der Waals surface area (Å²) < 4.78 is 20.7. The number of benzene rings is 3. The van der Waals surface area contributed by atoms with Crippen LogP contribution in [-0.2, 0) is 21.8 Å². The summed E-state index contributed by atoms with van der Waals surface area (Å²) in [5.74, 6) is -0.344. The molecular weight excluding hydrogens is 533 g/mol. The highest BCUT2D eigenvalue weighted by Gasteiger charge is 2.45. The van der Waals surface area contributed by atoms with Crippen molar-refractivity contribution in [3.63, 3.8) is 0 Å². The van der Waals surface area contributed by atoms with Crippen molar-refractivity contribution in [2.45, 2.75) is 18.4 Å². The maximum atomic E-state index is 8.36. The highest BCUT2D eigenvalue weighted by molar-refractivity contribution is 6.36. The van der Waals surface area contributed by atoms with Gasteiger partial charge in [0.15, 0.2) is 0 Å². The minimum Gasteiger partial charge on any atom is -0.490 e. The molecule has 0 saturated carbocycles. The highest BCUT2D eigenvalue weighted by Crippen LogP contribution is 2.41. The summed E-state index contributed by atoms with van der Waals surface area (Å²) in [5.41, 5.74) is 0.705. The predicted molar refractivity (Wildman–Crippen MR) is 134 cm³/mol. The van der Waals surface area contributed by atoms with Crippen molar-refractivity contribution < 1.29 is 24.5 Å². The fraction of sp³-hybridized carbons (Fsp3) is 0.208. The smallest absolute Gasteiger partial charge is 0.291 e. The van der Waals surface area contributed by atoms with E-state index in [0.717, 1.165) is 16.5 Å². The first-order valence-electron chi connectivity index (χ1n) is 10.6. The standard InChI is InChI=1S/C24H19Cl3N2O3.HNO3/c25-16-5-6-20(22(27)11-16)24(14-29-10-9-28-15-29)31-13-17(32-24)12-30-23-8-7-21(26)18-3-1-2-4-19(18)23;2-1(3)4/h1-11,15,17H,12-14H2;(H,2,3,4). The van der Waals surface area contributed by atoms with Crippen LogP contribution in [0.25, 0.3) is 10.8 Å². The molecule has 0 bridgehead atoms. The summed E-state index contributed by atoms with van der Waals surface area (Å²) in [6, 6.07) is 16.9. The number of rotatable bonds is 6. The van der Waals surface area contributed by atoms with Crippen LogP contribution in [0.4, 0.5) is 0 Å². The van der Waals surface area contributed by atoms with Gasteiger partial charge in [-0.25, -0.2) is 4.98 Å². The second-order valence-corrected chi connectivity index (χ2v) is 9.05. The normalized spacial score (nSPS) is 19.0.